The van der Waals surface area contributed by atoms with Gasteiger partial charge >= 0.3 is 0 Å². The molecule has 0 aliphatic heterocycles. The van der Waals surface area contributed by atoms with E-state index in [1.54, 1.807) is 0 Å². The van der Waals surface area contributed by atoms with Crippen molar-refractivity contribution >= 4 is 23.0 Å². The van der Waals surface area contributed by atoms with Crippen LogP contribution in [-0.4, -0.2) is 23.1 Å². The Hall–Kier alpha value is -1.16. The smallest absolute Gasteiger partial charge is 0.139 e. The second-order valence-electron chi connectivity index (χ2n) is 5.28. The van der Waals surface area contributed by atoms with Crippen molar-refractivity contribution in [2.45, 2.75) is 40.2 Å². The highest BCUT2D eigenvalue weighted by Gasteiger charge is 2.18. The van der Waals surface area contributed by atoms with E-state index in [0.717, 1.165) is 23.4 Å². The van der Waals surface area contributed by atoms with Crippen LogP contribution in [-0.2, 0) is 0 Å². The summed E-state index contributed by atoms with van der Waals surface area (Å²) in [5, 5.41) is 0. The fraction of sp³-hybridized carbons (Fsp3) is 0.571. The zero-order valence-corrected chi connectivity index (χ0v) is 12.7. The molecule has 1 rings (SSSR count). The van der Waals surface area contributed by atoms with Crippen LogP contribution in [0.15, 0.2) is 12.3 Å². The molecule has 18 heavy (non-hydrogen) atoms. The minimum absolute atomic E-state index is 0.410. The van der Waals surface area contributed by atoms with E-state index in [1.807, 2.05) is 19.2 Å². The lowest BCUT2D eigenvalue weighted by molar-refractivity contribution is 0.502. The van der Waals surface area contributed by atoms with Gasteiger partial charge in [-0.1, -0.05) is 26.1 Å². The average Bonchev–Trinajstić information content (AvgIpc) is 2.26. The third kappa shape index (κ3) is 3.42. The maximum Gasteiger partial charge on any atom is 0.139 e. The summed E-state index contributed by atoms with van der Waals surface area (Å²) in [6.07, 6.45) is 2.92. The summed E-state index contributed by atoms with van der Waals surface area (Å²) >= 11 is 5.14. The van der Waals surface area contributed by atoms with Crippen LogP contribution < -0.4 is 10.6 Å². The molecule has 2 N–H and O–H groups in total. The first-order valence-electron chi connectivity index (χ1n) is 6.32. The first-order valence-corrected chi connectivity index (χ1v) is 6.73. The van der Waals surface area contributed by atoms with Crippen LogP contribution in [0.5, 0.6) is 0 Å². The lowest BCUT2D eigenvalue weighted by atomic mass is 10.0. The number of hydrogen-bond acceptors (Lipinski definition) is 3. The van der Waals surface area contributed by atoms with Crippen LogP contribution in [0.2, 0.25) is 0 Å². The molecule has 0 aromatic carbocycles. The number of nitrogens with zero attached hydrogens (tertiary/aromatic N) is 2. The second-order valence-corrected chi connectivity index (χ2v) is 5.72. The van der Waals surface area contributed by atoms with Gasteiger partial charge in [0, 0.05) is 19.3 Å². The third-order valence-corrected chi connectivity index (χ3v) is 3.40. The Morgan fingerprint density at radius 3 is 2.56 bits per heavy atom. The van der Waals surface area contributed by atoms with Crippen molar-refractivity contribution in [2.24, 2.45) is 11.7 Å². The van der Waals surface area contributed by atoms with Gasteiger partial charge in [0.1, 0.15) is 10.8 Å². The number of aryl methyl sites for hydroxylation is 1. The fourth-order valence-electron chi connectivity index (χ4n) is 2.16. The Morgan fingerprint density at radius 1 is 1.44 bits per heavy atom. The summed E-state index contributed by atoms with van der Waals surface area (Å²) in [6.45, 7) is 8.67. The van der Waals surface area contributed by atoms with Gasteiger partial charge in [0.25, 0.3) is 0 Å². The predicted molar refractivity (Wildman–Crippen MR) is 82.2 cm³/mol. The predicted octanol–water partition coefficient (Wildman–Crippen LogP) is 2.90. The lowest BCUT2D eigenvalue weighted by Gasteiger charge is -2.29. The van der Waals surface area contributed by atoms with E-state index in [4.69, 9.17) is 18.0 Å². The standard InChI is InChI=1S/C14H23N3S/c1-9(2)8-11(4)17(5)14-12(13(15)18)10(3)6-7-16-14/h6-7,9,11H,8H2,1-5H3,(H2,15,18). The van der Waals surface area contributed by atoms with E-state index in [2.05, 4.69) is 37.7 Å². The third-order valence-electron chi connectivity index (χ3n) is 3.19. The Balaban J connectivity index is 3.09. The summed E-state index contributed by atoms with van der Waals surface area (Å²) in [4.78, 5) is 7.03. The molecule has 0 aliphatic rings. The van der Waals surface area contributed by atoms with Gasteiger partial charge in [-0.25, -0.2) is 4.98 Å². The van der Waals surface area contributed by atoms with E-state index in [9.17, 15) is 0 Å². The Kier molecular flexibility index (Phi) is 5.08. The van der Waals surface area contributed by atoms with Crippen LogP contribution in [0, 0.1) is 12.8 Å². The van der Waals surface area contributed by atoms with Crippen molar-refractivity contribution in [3.05, 3.63) is 23.4 Å². The molecule has 0 radical (unpaired) electrons. The second kappa shape index (κ2) is 6.14. The highest BCUT2D eigenvalue weighted by Crippen LogP contribution is 2.23. The molecule has 0 saturated heterocycles. The molecule has 4 heteroatoms. The molecule has 0 amide bonds. The molecule has 3 nitrogen and oxygen atoms in total. The van der Waals surface area contributed by atoms with Crippen molar-refractivity contribution in [3.63, 3.8) is 0 Å². The lowest BCUT2D eigenvalue weighted by Crippen LogP contribution is -2.33. The molecule has 1 atom stereocenters. The number of hydrogen-bond donors (Lipinski definition) is 1. The molecular formula is C14H23N3S. The van der Waals surface area contributed by atoms with Gasteiger partial charge in [-0.15, -0.1) is 0 Å². The van der Waals surface area contributed by atoms with Gasteiger partial charge in [-0.05, 0) is 37.8 Å². The molecule has 0 aliphatic carbocycles. The van der Waals surface area contributed by atoms with E-state index in [-0.39, 0.29) is 0 Å². The van der Waals surface area contributed by atoms with Gasteiger partial charge in [0.15, 0.2) is 0 Å². The molecule has 100 valence electrons. The highest BCUT2D eigenvalue weighted by atomic mass is 32.1. The Labute approximate surface area is 115 Å². The fourth-order valence-corrected chi connectivity index (χ4v) is 2.42. The monoisotopic (exact) mass is 265 g/mol. The van der Waals surface area contributed by atoms with Gasteiger partial charge in [-0.3, -0.25) is 0 Å². The normalized spacial score (nSPS) is 12.6. The number of nitrogens with two attached hydrogens (primary N) is 1. The number of anilines is 1. The zero-order valence-electron chi connectivity index (χ0n) is 11.9. The van der Waals surface area contributed by atoms with Gasteiger partial charge in [0.05, 0.1) is 5.56 Å². The number of pyridine rings is 1. The van der Waals surface area contributed by atoms with Crippen LogP contribution in [0.25, 0.3) is 0 Å². The quantitative estimate of drug-likeness (QED) is 0.831. The summed E-state index contributed by atoms with van der Waals surface area (Å²) in [5.74, 6) is 1.54. The SMILES string of the molecule is Cc1ccnc(N(C)C(C)CC(C)C)c1C(N)=S. The molecule has 1 aromatic heterocycles. The molecule has 0 bridgehead atoms. The van der Waals surface area contributed by atoms with Gasteiger partial charge in [0.2, 0.25) is 0 Å². The molecule has 1 heterocycles. The topological polar surface area (TPSA) is 42.2 Å². The maximum absolute atomic E-state index is 5.82. The van der Waals surface area contributed by atoms with E-state index in [0.29, 0.717) is 16.9 Å². The largest absolute Gasteiger partial charge is 0.389 e. The Bertz CT molecular complexity index is 429. The number of thiocarbonyl (C=S) groups is 1. The van der Waals surface area contributed by atoms with Crippen LogP contribution in [0.1, 0.15) is 38.3 Å². The molecule has 1 unspecified atom stereocenters. The number of rotatable bonds is 5. The van der Waals surface area contributed by atoms with Crippen LogP contribution >= 0.6 is 12.2 Å². The zero-order chi connectivity index (χ0) is 13.9. The van der Waals surface area contributed by atoms with Crippen molar-refractivity contribution in [1.82, 2.24) is 4.98 Å². The van der Waals surface area contributed by atoms with Crippen molar-refractivity contribution in [3.8, 4) is 0 Å². The van der Waals surface area contributed by atoms with Crippen molar-refractivity contribution in [1.29, 1.82) is 0 Å². The minimum atomic E-state index is 0.410. The van der Waals surface area contributed by atoms with Crippen molar-refractivity contribution < 1.29 is 0 Å². The Morgan fingerprint density at radius 2 is 2.06 bits per heavy atom. The van der Waals surface area contributed by atoms with Crippen LogP contribution in [0.4, 0.5) is 5.82 Å². The average molecular weight is 265 g/mol. The minimum Gasteiger partial charge on any atom is -0.389 e. The molecule has 1 aromatic rings. The van der Waals surface area contributed by atoms with Gasteiger partial charge < -0.3 is 10.6 Å². The molecule has 0 spiro atoms. The molecule has 0 fully saturated rings. The molecule has 0 saturated carbocycles. The van der Waals surface area contributed by atoms with E-state index in [1.165, 1.54) is 0 Å². The summed E-state index contributed by atoms with van der Waals surface area (Å²) in [5.41, 5.74) is 7.79. The van der Waals surface area contributed by atoms with Crippen molar-refractivity contribution in [2.75, 3.05) is 11.9 Å². The number of aromatic nitrogens is 1. The summed E-state index contributed by atoms with van der Waals surface area (Å²) in [7, 11) is 2.05. The van der Waals surface area contributed by atoms with Crippen LogP contribution in [0.3, 0.4) is 0 Å². The first-order chi connectivity index (χ1) is 8.34. The first kappa shape index (κ1) is 14.9. The maximum atomic E-state index is 5.82. The van der Waals surface area contributed by atoms with Gasteiger partial charge in [-0.2, -0.15) is 0 Å². The van der Waals surface area contributed by atoms with E-state index >= 15 is 0 Å². The highest BCUT2D eigenvalue weighted by molar-refractivity contribution is 7.80. The summed E-state index contributed by atoms with van der Waals surface area (Å²) < 4.78 is 0. The summed E-state index contributed by atoms with van der Waals surface area (Å²) in [6, 6.07) is 2.35. The molecular weight excluding hydrogens is 242 g/mol. The van der Waals surface area contributed by atoms with E-state index < -0.39 is 0 Å².